The van der Waals surface area contributed by atoms with Crippen molar-refractivity contribution in [2.75, 3.05) is 11.4 Å². The largest absolute Gasteiger partial charge is 0.351 e. The van der Waals surface area contributed by atoms with Gasteiger partial charge in [0.1, 0.15) is 16.5 Å². The molecule has 4 rings (SSSR count). The van der Waals surface area contributed by atoms with Crippen LogP contribution < -0.4 is 10.5 Å². The van der Waals surface area contributed by atoms with Crippen molar-refractivity contribution >= 4 is 27.4 Å². The van der Waals surface area contributed by atoms with Crippen molar-refractivity contribution in [3.05, 3.63) is 44.4 Å². The maximum absolute atomic E-state index is 11.9. The van der Waals surface area contributed by atoms with Gasteiger partial charge >= 0.3 is 0 Å². The Balaban J connectivity index is 1.82. The molecule has 0 unspecified atom stereocenters. The molecule has 0 aliphatic carbocycles. The van der Waals surface area contributed by atoms with Crippen molar-refractivity contribution in [1.82, 2.24) is 19.7 Å². The van der Waals surface area contributed by atoms with E-state index in [0.717, 1.165) is 46.1 Å². The van der Waals surface area contributed by atoms with Crippen LogP contribution in [0.25, 0.3) is 10.2 Å². The highest BCUT2D eigenvalue weighted by Crippen LogP contribution is 2.33. The smallest absolute Gasteiger partial charge is 0.266 e. The zero-order chi connectivity index (χ0) is 16.1. The quantitative estimate of drug-likeness (QED) is 0.684. The average molecular weight is 327 g/mol. The van der Waals surface area contributed by atoms with Crippen LogP contribution in [0.5, 0.6) is 0 Å². The summed E-state index contributed by atoms with van der Waals surface area (Å²) in [6, 6.07) is 1.69. The van der Waals surface area contributed by atoms with Crippen molar-refractivity contribution in [3.8, 4) is 0 Å². The van der Waals surface area contributed by atoms with Crippen molar-refractivity contribution in [1.29, 1.82) is 0 Å². The molecule has 7 heteroatoms. The molecule has 0 saturated heterocycles. The monoisotopic (exact) mass is 327 g/mol. The third-order valence-corrected chi connectivity index (χ3v) is 5.24. The van der Waals surface area contributed by atoms with Gasteiger partial charge in [0.15, 0.2) is 0 Å². The van der Waals surface area contributed by atoms with Gasteiger partial charge in [0.05, 0.1) is 11.1 Å². The van der Waals surface area contributed by atoms with Crippen LogP contribution in [0.1, 0.15) is 22.6 Å². The van der Waals surface area contributed by atoms with Crippen LogP contribution >= 0.6 is 11.3 Å². The van der Waals surface area contributed by atoms with E-state index in [0.29, 0.717) is 6.54 Å². The van der Waals surface area contributed by atoms with Crippen LogP contribution in [-0.2, 0) is 20.0 Å². The summed E-state index contributed by atoms with van der Waals surface area (Å²) in [5.41, 5.74) is 3.14. The Morgan fingerprint density at radius 1 is 1.26 bits per heavy atom. The highest BCUT2D eigenvalue weighted by molar-refractivity contribution is 7.17. The lowest BCUT2D eigenvalue weighted by atomic mass is 10.1. The first-order valence-corrected chi connectivity index (χ1v) is 8.44. The molecule has 3 aromatic rings. The lowest BCUT2D eigenvalue weighted by Gasteiger charge is -2.29. The molecule has 0 bridgehead atoms. The third-order valence-electron chi connectivity index (χ3n) is 4.25. The first-order chi connectivity index (χ1) is 11.0. The third kappa shape index (κ3) is 2.31. The number of aryl methyl sites for hydroxylation is 3. The molecule has 0 aromatic carbocycles. The molecule has 0 spiro atoms. The Bertz CT molecular complexity index is 974. The SMILES string of the molecule is Cc1nc(N2CCc3nn(C)c(=O)cc3C2)c2c(C)csc2n1. The fourth-order valence-corrected chi connectivity index (χ4v) is 4.03. The molecule has 6 nitrogen and oxygen atoms in total. The summed E-state index contributed by atoms with van der Waals surface area (Å²) in [5, 5.41) is 7.62. The first kappa shape index (κ1) is 14.3. The topological polar surface area (TPSA) is 63.9 Å². The van der Waals surface area contributed by atoms with E-state index in [1.165, 1.54) is 10.2 Å². The zero-order valence-electron chi connectivity index (χ0n) is 13.3. The Labute approximate surface area is 137 Å². The van der Waals surface area contributed by atoms with E-state index < -0.39 is 0 Å². The van der Waals surface area contributed by atoms with Crippen molar-refractivity contribution in [2.24, 2.45) is 7.05 Å². The van der Waals surface area contributed by atoms with E-state index in [1.54, 1.807) is 24.5 Å². The molecule has 0 atom stereocenters. The minimum atomic E-state index is -0.0682. The van der Waals surface area contributed by atoms with Gasteiger partial charge in [-0.05, 0) is 24.8 Å². The highest BCUT2D eigenvalue weighted by atomic mass is 32.1. The molecular formula is C16H17N5OS. The van der Waals surface area contributed by atoms with Crippen LogP contribution in [0.4, 0.5) is 5.82 Å². The molecule has 0 N–H and O–H groups in total. The Morgan fingerprint density at radius 3 is 2.91 bits per heavy atom. The van der Waals surface area contributed by atoms with Gasteiger partial charge in [0, 0.05) is 38.2 Å². The number of hydrogen-bond donors (Lipinski definition) is 0. The van der Waals surface area contributed by atoms with Crippen molar-refractivity contribution < 1.29 is 0 Å². The van der Waals surface area contributed by atoms with Gasteiger partial charge < -0.3 is 4.90 Å². The standard InChI is InChI=1S/C16H17N5OS/c1-9-8-23-16-14(9)15(17-10(2)18-16)21-5-4-12-11(7-21)6-13(22)20(3)19-12/h6,8H,4-5,7H2,1-3H3. The maximum Gasteiger partial charge on any atom is 0.266 e. The number of hydrogen-bond acceptors (Lipinski definition) is 6. The van der Waals surface area contributed by atoms with Gasteiger partial charge in [0.25, 0.3) is 5.56 Å². The predicted octanol–water partition coefficient (Wildman–Crippen LogP) is 1.96. The minimum absolute atomic E-state index is 0.0682. The number of nitrogens with zero attached hydrogens (tertiary/aromatic N) is 5. The number of rotatable bonds is 1. The second-order valence-corrected chi connectivity index (χ2v) is 6.80. The molecule has 0 saturated carbocycles. The van der Waals surface area contributed by atoms with Gasteiger partial charge in [-0.15, -0.1) is 11.3 Å². The molecule has 4 heterocycles. The summed E-state index contributed by atoms with van der Waals surface area (Å²) in [6.45, 7) is 5.53. The molecule has 1 aliphatic rings. The van der Waals surface area contributed by atoms with E-state index in [4.69, 9.17) is 0 Å². The average Bonchev–Trinajstić information content (AvgIpc) is 2.88. The van der Waals surface area contributed by atoms with E-state index in [2.05, 4.69) is 32.3 Å². The molecule has 0 amide bonds. The van der Waals surface area contributed by atoms with Gasteiger partial charge in [-0.25, -0.2) is 14.6 Å². The molecular weight excluding hydrogens is 310 g/mol. The number of aromatic nitrogens is 4. The highest BCUT2D eigenvalue weighted by Gasteiger charge is 2.23. The number of anilines is 1. The summed E-state index contributed by atoms with van der Waals surface area (Å²) in [7, 11) is 1.70. The zero-order valence-corrected chi connectivity index (χ0v) is 14.1. The summed E-state index contributed by atoms with van der Waals surface area (Å²) >= 11 is 1.65. The lowest BCUT2D eigenvalue weighted by molar-refractivity contribution is 0.622. The first-order valence-electron chi connectivity index (χ1n) is 7.56. The molecule has 23 heavy (non-hydrogen) atoms. The summed E-state index contributed by atoms with van der Waals surface area (Å²) < 4.78 is 1.41. The number of fused-ring (bicyclic) bond motifs is 2. The van der Waals surface area contributed by atoms with Crippen molar-refractivity contribution in [2.45, 2.75) is 26.8 Å². The Morgan fingerprint density at radius 2 is 2.09 bits per heavy atom. The second kappa shape index (κ2) is 5.13. The predicted molar refractivity (Wildman–Crippen MR) is 91.1 cm³/mol. The van der Waals surface area contributed by atoms with E-state index >= 15 is 0 Å². The van der Waals surface area contributed by atoms with Gasteiger partial charge in [0.2, 0.25) is 0 Å². The van der Waals surface area contributed by atoms with Crippen LogP contribution in [0.2, 0.25) is 0 Å². The van der Waals surface area contributed by atoms with Gasteiger partial charge in [-0.2, -0.15) is 5.10 Å². The van der Waals surface area contributed by atoms with Crippen LogP contribution in [0, 0.1) is 13.8 Å². The van der Waals surface area contributed by atoms with E-state index in [9.17, 15) is 4.79 Å². The fraction of sp³-hybridized carbons (Fsp3) is 0.375. The summed E-state index contributed by atoms with van der Waals surface area (Å²) in [4.78, 5) is 24.4. The van der Waals surface area contributed by atoms with Crippen LogP contribution in [0.15, 0.2) is 16.2 Å². The summed E-state index contributed by atoms with van der Waals surface area (Å²) in [6.07, 6.45) is 0.817. The van der Waals surface area contributed by atoms with Gasteiger partial charge in [-0.3, -0.25) is 4.79 Å². The lowest BCUT2D eigenvalue weighted by Crippen LogP contribution is -2.35. The van der Waals surface area contributed by atoms with Crippen molar-refractivity contribution in [3.63, 3.8) is 0 Å². The normalized spacial score (nSPS) is 14.3. The number of thiophene rings is 1. The van der Waals surface area contributed by atoms with Crippen LogP contribution in [0.3, 0.4) is 0 Å². The second-order valence-electron chi connectivity index (χ2n) is 5.94. The molecule has 1 aliphatic heterocycles. The van der Waals surface area contributed by atoms with Gasteiger partial charge in [-0.1, -0.05) is 0 Å². The Kier molecular flexibility index (Phi) is 3.19. The Hall–Kier alpha value is -2.28. The molecule has 0 fully saturated rings. The summed E-state index contributed by atoms with van der Waals surface area (Å²) in [5.74, 6) is 1.75. The fourth-order valence-electron chi connectivity index (χ4n) is 3.07. The molecule has 3 aromatic heterocycles. The maximum atomic E-state index is 11.9. The van der Waals surface area contributed by atoms with E-state index in [-0.39, 0.29) is 5.56 Å². The minimum Gasteiger partial charge on any atom is -0.351 e. The molecule has 118 valence electrons. The molecule has 0 radical (unpaired) electrons. The van der Waals surface area contributed by atoms with Crippen LogP contribution in [-0.4, -0.2) is 26.3 Å². The van der Waals surface area contributed by atoms with E-state index in [1.807, 2.05) is 6.92 Å².